The number of nitrogens with zero attached hydrogens (tertiary/aromatic N) is 1. The van der Waals surface area contributed by atoms with Crippen LogP contribution in [0.2, 0.25) is 0 Å². The van der Waals surface area contributed by atoms with Crippen LogP contribution < -0.4 is 10.1 Å². The molecule has 0 bridgehead atoms. The molecule has 18 heavy (non-hydrogen) atoms. The van der Waals surface area contributed by atoms with Crippen LogP contribution in [0.1, 0.15) is 16.7 Å². The summed E-state index contributed by atoms with van der Waals surface area (Å²) in [6.07, 6.45) is 0. The number of ether oxygens (including phenoxy) is 1. The Morgan fingerprint density at radius 1 is 1.11 bits per heavy atom. The fraction of sp³-hybridized carbons (Fsp3) is 0.600. The highest BCUT2D eigenvalue weighted by Gasteiger charge is 2.10. The van der Waals surface area contributed by atoms with Gasteiger partial charge in [0, 0.05) is 32.7 Å². The van der Waals surface area contributed by atoms with Gasteiger partial charge in [0.05, 0.1) is 0 Å². The average Bonchev–Trinajstić information content (AvgIpc) is 2.39. The van der Waals surface area contributed by atoms with Crippen molar-refractivity contribution in [3.05, 3.63) is 28.8 Å². The number of hydrogen-bond acceptors (Lipinski definition) is 3. The van der Waals surface area contributed by atoms with Gasteiger partial charge in [-0.25, -0.2) is 0 Å². The van der Waals surface area contributed by atoms with Crippen molar-refractivity contribution in [3.63, 3.8) is 0 Å². The third-order valence-electron chi connectivity index (χ3n) is 3.74. The Morgan fingerprint density at radius 2 is 1.78 bits per heavy atom. The van der Waals surface area contributed by atoms with Crippen LogP contribution in [-0.4, -0.2) is 44.2 Å². The number of aryl methyl sites for hydroxylation is 2. The monoisotopic (exact) mass is 248 g/mol. The van der Waals surface area contributed by atoms with Crippen molar-refractivity contribution in [2.24, 2.45) is 0 Å². The number of benzene rings is 1. The number of nitrogens with one attached hydrogen (secondary N) is 1. The summed E-state index contributed by atoms with van der Waals surface area (Å²) in [6.45, 7) is 12.7. The summed E-state index contributed by atoms with van der Waals surface area (Å²) < 4.78 is 5.99. The highest BCUT2D eigenvalue weighted by atomic mass is 16.5. The van der Waals surface area contributed by atoms with Crippen molar-refractivity contribution in [2.75, 3.05) is 39.3 Å². The number of rotatable bonds is 4. The van der Waals surface area contributed by atoms with Gasteiger partial charge < -0.3 is 10.1 Å². The third-order valence-corrected chi connectivity index (χ3v) is 3.74. The Morgan fingerprint density at radius 3 is 2.50 bits per heavy atom. The summed E-state index contributed by atoms with van der Waals surface area (Å²) in [5.41, 5.74) is 3.81. The number of piperazine rings is 1. The lowest BCUT2D eigenvalue weighted by Crippen LogP contribution is -2.44. The van der Waals surface area contributed by atoms with E-state index in [2.05, 4.69) is 43.1 Å². The molecule has 3 heteroatoms. The van der Waals surface area contributed by atoms with Gasteiger partial charge in [-0.3, -0.25) is 4.90 Å². The quantitative estimate of drug-likeness (QED) is 0.880. The van der Waals surface area contributed by atoms with Crippen molar-refractivity contribution >= 4 is 0 Å². The Kier molecular flexibility index (Phi) is 4.61. The first-order valence-corrected chi connectivity index (χ1v) is 6.81. The van der Waals surface area contributed by atoms with Gasteiger partial charge >= 0.3 is 0 Å². The van der Waals surface area contributed by atoms with Gasteiger partial charge in [-0.15, -0.1) is 0 Å². The summed E-state index contributed by atoms with van der Waals surface area (Å²) in [5, 5.41) is 3.37. The highest BCUT2D eigenvalue weighted by Crippen LogP contribution is 2.25. The molecule has 0 radical (unpaired) electrons. The fourth-order valence-corrected chi connectivity index (χ4v) is 2.36. The van der Waals surface area contributed by atoms with E-state index in [0.717, 1.165) is 45.1 Å². The Balaban J connectivity index is 1.88. The first-order valence-electron chi connectivity index (χ1n) is 6.81. The van der Waals surface area contributed by atoms with E-state index in [1.807, 2.05) is 0 Å². The smallest absolute Gasteiger partial charge is 0.125 e. The van der Waals surface area contributed by atoms with Crippen LogP contribution >= 0.6 is 0 Å². The van der Waals surface area contributed by atoms with Gasteiger partial charge in [0.1, 0.15) is 12.4 Å². The normalized spacial score (nSPS) is 16.8. The van der Waals surface area contributed by atoms with Crippen molar-refractivity contribution in [1.29, 1.82) is 0 Å². The van der Waals surface area contributed by atoms with Crippen LogP contribution in [0.3, 0.4) is 0 Å². The lowest BCUT2D eigenvalue weighted by molar-refractivity contribution is 0.190. The van der Waals surface area contributed by atoms with E-state index < -0.39 is 0 Å². The third kappa shape index (κ3) is 3.24. The molecule has 0 spiro atoms. The molecule has 0 aromatic heterocycles. The van der Waals surface area contributed by atoms with E-state index in [1.54, 1.807) is 0 Å². The molecular formula is C15H24N2O. The van der Waals surface area contributed by atoms with E-state index in [1.165, 1.54) is 16.7 Å². The molecule has 1 saturated heterocycles. The maximum Gasteiger partial charge on any atom is 0.125 e. The molecule has 0 amide bonds. The van der Waals surface area contributed by atoms with Gasteiger partial charge in [0.15, 0.2) is 0 Å². The Hall–Kier alpha value is -1.06. The van der Waals surface area contributed by atoms with Crippen LogP contribution in [0.5, 0.6) is 5.75 Å². The SMILES string of the molecule is Cc1ccc(C)c(OCCN2CCNCC2)c1C. The lowest BCUT2D eigenvalue weighted by atomic mass is 10.1. The zero-order chi connectivity index (χ0) is 13.0. The molecule has 0 atom stereocenters. The molecule has 1 aliphatic rings. The van der Waals surface area contributed by atoms with Crippen molar-refractivity contribution in [2.45, 2.75) is 20.8 Å². The van der Waals surface area contributed by atoms with Crippen molar-refractivity contribution in [1.82, 2.24) is 10.2 Å². The maximum atomic E-state index is 5.99. The first kappa shape index (κ1) is 13.4. The minimum Gasteiger partial charge on any atom is -0.492 e. The molecule has 0 saturated carbocycles. The molecule has 2 rings (SSSR count). The van der Waals surface area contributed by atoms with Crippen LogP contribution in [0.25, 0.3) is 0 Å². The van der Waals surface area contributed by atoms with E-state index in [4.69, 9.17) is 4.74 Å². The molecule has 1 heterocycles. The van der Waals surface area contributed by atoms with Gasteiger partial charge in [-0.2, -0.15) is 0 Å². The highest BCUT2D eigenvalue weighted by molar-refractivity contribution is 5.44. The zero-order valence-electron chi connectivity index (χ0n) is 11.8. The molecule has 1 fully saturated rings. The second-order valence-electron chi connectivity index (χ2n) is 5.09. The molecule has 100 valence electrons. The van der Waals surface area contributed by atoms with E-state index in [-0.39, 0.29) is 0 Å². The van der Waals surface area contributed by atoms with Crippen LogP contribution in [0, 0.1) is 20.8 Å². The molecule has 1 aliphatic heterocycles. The topological polar surface area (TPSA) is 24.5 Å². The first-order chi connectivity index (χ1) is 8.68. The summed E-state index contributed by atoms with van der Waals surface area (Å²) >= 11 is 0. The summed E-state index contributed by atoms with van der Waals surface area (Å²) in [6, 6.07) is 4.30. The van der Waals surface area contributed by atoms with Gasteiger partial charge in [0.25, 0.3) is 0 Å². The second kappa shape index (κ2) is 6.21. The molecule has 0 aliphatic carbocycles. The summed E-state index contributed by atoms with van der Waals surface area (Å²) in [5.74, 6) is 1.07. The van der Waals surface area contributed by atoms with Crippen LogP contribution in [-0.2, 0) is 0 Å². The largest absolute Gasteiger partial charge is 0.492 e. The minimum absolute atomic E-state index is 0.783. The predicted octanol–water partition coefficient (Wildman–Crippen LogP) is 1.90. The molecule has 1 N–H and O–H groups in total. The average molecular weight is 248 g/mol. The van der Waals surface area contributed by atoms with E-state index >= 15 is 0 Å². The van der Waals surface area contributed by atoms with E-state index in [0.29, 0.717) is 0 Å². The zero-order valence-corrected chi connectivity index (χ0v) is 11.8. The van der Waals surface area contributed by atoms with Gasteiger partial charge in [-0.05, 0) is 37.5 Å². The van der Waals surface area contributed by atoms with Crippen molar-refractivity contribution < 1.29 is 4.74 Å². The Bertz CT molecular complexity index is 398. The van der Waals surface area contributed by atoms with Gasteiger partial charge in [-0.1, -0.05) is 12.1 Å². The second-order valence-corrected chi connectivity index (χ2v) is 5.09. The minimum atomic E-state index is 0.783. The molecule has 1 aromatic rings. The predicted molar refractivity (Wildman–Crippen MR) is 75.5 cm³/mol. The van der Waals surface area contributed by atoms with Gasteiger partial charge in [0.2, 0.25) is 0 Å². The lowest BCUT2D eigenvalue weighted by Gasteiger charge is -2.27. The van der Waals surface area contributed by atoms with Crippen molar-refractivity contribution in [3.8, 4) is 5.75 Å². The standard InChI is InChI=1S/C15H24N2O/c1-12-4-5-13(2)15(14(12)3)18-11-10-17-8-6-16-7-9-17/h4-5,16H,6-11H2,1-3H3. The maximum absolute atomic E-state index is 5.99. The van der Waals surface area contributed by atoms with Crippen LogP contribution in [0.15, 0.2) is 12.1 Å². The number of hydrogen-bond donors (Lipinski definition) is 1. The summed E-state index contributed by atoms with van der Waals surface area (Å²) in [4.78, 5) is 2.46. The van der Waals surface area contributed by atoms with Crippen LogP contribution in [0.4, 0.5) is 0 Å². The molecule has 0 unspecified atom stereocenters. The molecule has 3 nitrogen and oxygen atoms in total. The van der Waals surface area contributed by atoms with E-state index in [9.17, 15) is 0 Å². The summed E-state index contributed by atoms with van der Waals surface area (Å²) in [7, 11) is 0. The molecular weight excluding hydrogens is 224 g/mol. The fourth-order valence-electron chi connectivity index (χ4n) is 2.36. The molecule has 1 aromatic carbocycles. The Labute approximate surface area is 110 Å².